The fourth-order valence-electron chi connectivity index (χ4n) is 2.45. The maximum absolute atomic E-state index is 12.6. The molecule has 0 saturated heterocycles. The van der Waals surface area contributed by atoms with Crippen LogP contribution in [0.3, 0.4) is 0 Å². The molecule has 0 aromatic heterocycles. The topological polar surface area (TPSA) is 118 Å². The number of nitrogens with zero attached hydrogens (tertiary/aromatic N) is 1. The maximum atomic E-state index is 12.6. The first-order chi connectivity index (χ1) is 13.3. The van der Waals surface area contributed by atoms with Crippen LogP contribution in [0.5, 0.6) is 0 Å². The summed E-state index contributed by atoms with van der Waals surface area (Å²) in [6.45, 7) is 5.23. The minimum atomic E-state index is -0.976. The summed E-state index contributed by atoms with van der Waals surface area (Å²) in [5.74, 6) is -1.90. The molecule has 0 aliphatic rings. The van der Waals surface area contributed by atoms with Crippen LogP contribution in [0, 0.1) is 23.2 Å². The highest BCUT2D eigenvalue weighted by atomic mass is 16.5. The number of esters is 1. The molecule has 0 fully saturated rings. The van der Waals surface area contributed by atoms with Crippen LogP contribution in [0.1, 0.15) is 32.8 Å². The third-order valence-electron chi connectivity index (χ3n) is 4.05. The van der Waals surface area contributed by atoms with Crippen molar-refractivity contribution in [3.8, 4) is 6.07 Å². The third kappa shape index (κ3) is 7.66. The summed E-state index contributed by atoms with van der Waals surface area (Å²) >= 11 is 0. The van der Waals surface area contributed by atoms with Crippen LogP contribution in [0.15, 0.2) is 30.3 Å². The molecule has 152 valence electrons. The van der Waals surface area contributed by atoms with E-state index in [1.807, 2.05) is 36.4 Å². The number of nitriles is 1. The molecule has 0 aliphatic carbocycles. The Morgan fingerprint density at radius 3 is 2.29 bits per heavy atom. The van der Waals surface area contributed by atoms with Gasteiger partial charge in [-0.05, 0) is 24.8 Å². The summed E-state index contributed by atoms with van der Waals surface area (Å²) in [5.41, 5.74) is 0.819. The van der Waals surface area contributed by atoms with E-state index < -0.39 is 36.0 Å². The summed E-state index contributed by atoms with van der Waals surface area (Å²) in [4.78, 5) is 36.6. The van der Waals surface area contributed by atoms with Gasteiger partial charge in [-0.2, -0.15) is 5.26 Å². The van der Waals surface area contributed by atoms with Crippen LogP contribution in [0.2, 0.25) is 0 Å². The fraction of sp³-hybridized carbons (Fsp3) is 0.500. The molecule has 0 radical (unpaired) electrons. The number of alkyl carbamates (subject to hydrolysis) is 1. The van der Waals surface area contributed by atoms with Crippen molar-refractivity contribution in [3.63, 3.8) is 0 Å². The lowest BCUT2D eigenvalue weighted by Gasteiger charge is -2.24. The summed E-state index contributed by atoms with van der Waals surface area (Å²) in [6, 6.07) is 9.28. The Morgan fingerprint density at radius 1 is 1.11 bits per heavy atom. The van der Waals surface area contributed by atoms with Gasteiger partial charge in [-0.25, -0.2) is 9.59 Å². The van der Waals surface area contributed by atoms with Crippen molar-refractivity contribution < 1.29 is 23.9 Å². The van der Waals surface area contributed by atoms with E-state index >= 15 is 0 Å². The predicted molar refractivity (Wildman–Crippen MR) is 102 cm³/mol. The van der Waals surface area contributed by atoms with E-state index in [4.69, 9.17) is 14.7 Å². The SMILES string of the molecule is COC(=O)[C@@H](C[C@@H](C)C#N)NC(=O)[C@H](NC(=O)OCc1ccccc1)C(C)C. The Kier molecular flexibility index (Phi) is 9.51. The standard InChI is InChI=1S/C20H27N3O5/c1-13(2)17(23-20(26)28-12-15-8-6-5-7-9-15)18(24)22-16(19(25)27-4)10-14(3)11-21/h5-9,13-14,16-17H,10,12H2,1-4H3,(H,22,24)(H,23,26)/t14-,16-,17-/m1/s1. The minimum Gasteiger partial charge on any atom is -0.467 e. The molecule has 0 saturated carbocycles. The van der Waals surface area contributed by atoms with Gasteiger partial charge >= 0.3 is 12.1 Å². The monoisotopic (exact) mass is 389 g/mol. The van der Waals surface area contributed by atoms with Crippen LogP contribution in [-0.4, -0.2) is 37.2 Å². The van der Waals surface area contributed by atoms with E-state index in [9.17, 15) is 14.4 Å². The van der Waals surface area contributed by atoms with Crippen molar-refractivity contribution in [2.24, 2.45) is 11.8 Å². The predicted octanol–water partition coefficient (Wildman–Crippen LogP) is 2.14. The van der Waals surface area contributed by atoms with Gasteiger partial charge in [-0.15, -0.1) is 0 Å². The first-order valence-electron chi connectivity index (χ1n) is 9.03. The van der Waals surface area contributed by atoms with E-state index in [0.717, 1.165) is 5.56 Å². The zero-order chi connectivity index (χ0) is 21.1. The van der Waals surface area contributed by atoms with E-state index in [-0.39, 0.29) is 18.9 Å². The molecule has 0 bridgehead atoms. The quantitative estimate of drug-likeness (QED) is 0.625. The number of carbonyl (C=O) groups excluding carboxylic acids is 3. The number of amides is 2. The zero-order valence-electron chi connectivity index (χ0n) is 16.6. The normalized spacial score (nSPS) is 13.6. The van der Waals surface area contributed by atoms with E-state index in [0.29, 0.717) is 0 Å². The highest BCUT2D eigenvalue weighted by Gasteiger charge is 2.30. The number of nitrogens with one attached hydrogen (secondary N) is 2. The maximum Gasteiger partial charge on any atom is 0.408 e. The lowest BCUT2D eigenvalue weighted by atomic mass is 10.0. The molecule has 28 heavy (non-hydrogen) atoms. The van der Waals surface area contributed by atoms with Crippen LogP contribution < -0.4 is 10.6 Å². The molecule has 1 aromatic rings. The number of ether oxygens (including phenoxy) is 2. The second-order valence-corrected chi connectivity index (χ2v) is 6.78. The first kappa shape index (κ1) is 23.0. The van der Waals surface area contributed by atoms with Crippen molar-refractivity contribution in [2.45, 2.75) is 45.9 Å². The average Bonchev–Trinajstić information content (AvgIpc) is 2.69. The molecule has 0 spiro atoms. The number of carbonyl (C=O) groups is 3. The van der Waals surface area contributed by atoms with Gasteiger partial charge in [0.15, 0.2) is 0 Å². The molecule has 0 heterocycles. The van der Waals surface area contributed by atoms with Gasteiger partial charge in [0.05, 0.1) is 13.2 Å². The molecule has 2 amide bonds. The van der Waals surface area contributed by atoms with E-state index in [1.165, 1.54) is 7.11 Å². The van der Waals surface area contributed by atoms with Gasteiger partial charge in [0.2, 0.25) is 5.91 Å². The van der Waals surface area contributed by atoms with E-state index in [2.05, 4.69) is 10.6 Å². The minimum absolute atomic E-state index is 0.0730. The molecule has 1 rings (SSSR count). The Balaban J connectivity index is 2.71. The first-order valence-corrected chi connectivity index (χ1v) is 9.03. The molecule has 0 unspecified atom stereocenters. The zero-order valence-corrected chi connectivity index (χ0v) is 16.6. The van der Waals surface area contributed by atoms with Gasteiger partial charge in [-0.1, -0.05) is 44.2 Å². The highest BCUT2D eigenvalue weighted by Crippen LogP contribution is 2.09. The van der Waals surface area contributed by atoms with Crippen molar-refractivity contribution in [2.75, 3.05) is 7.11 Å². The van der Waals surface area contributed by atoms with Crippen LogP contribution in [0.4, 0.5) is 4.79 Å². The molecule has 8 nitrogen and oxygen atoms in total. The van der Waals surface area contributed by atoms with Crippen molar-refractivity contribution in [1.29, 1.82) is 5.26 Å². The molecule has 3 atom stereocenters. The van der Waals surface area contributed by atoms with E-state index in [1.54, 1.807) is 20.8 Å². The van der Waals surface area contributed by atoms with Crippen LogP contribution in [0.25, 0.3) is 0 Å². The van der Waals surface area contributed by atoms with Gasteiger partial charge in [-0.3, -0.25) is 4.79 Å². The van der Waals surface area contributed by atoms with Gasteiger partial charge in [0.1, 0.15) is 18.7 Å². The molecular weight excluding hydrogens is 362 g/mol. The highest BCUT2D eigenvalue weighted by molar-refractivity contribution is 5.89. The fourth-order valence-corrected chi connectivity index (χ4v) is 2.45. The summed E-state index contributed by atoms with van der Waals surface area (Å²) in [6.07, 6.45) is -0.629. The number of hydrogen-bond donors (Lipinski definition) is 2. The molecule has 2 N–H and O–H groups in total. The Bertz CT molecular complexity index is 700. The molecule has 0 aliphatic heterocycles. The van der Waals surface area contributed by atoms with Crippen molar-refractivity contribution >= 4 is 18.0 Å². The molecule has 1 aromatic carbocycles. The summed E-state index contributed by atoms with van der Waals surface area (Å²) in [7, 11) is 1.21. The Morgan fingerprint density at radius 2 is 1.75 bits per heavy atom. The lowest BCUT2D eigenvalue weighted by molar-refractivity contribution is -0.145. The van der Waals surface area contributed by atoms with Crippen LogP contribution in [-0.2, 0) is 25.7 Å². The second-order valence-electron chi connectivity index (χ2n) is 6.78. The Hall–Kier alpha value is -3.08. The average molecular weight is 389 g/mol. The van der Waals surface area contributed by atoms with Gasteiger partial charge in [0.25, 0.3) is 0 Å². The van der Waals surface area contributed by atoms with Crippen LogP contribution >= 0.6 is 0 Å². The number of methoxy groups -OCH3 is 1. The summed E-state index contributed by atoms with van der Waals surface area (Å²) in [5, 5.41) is 14.0. The number of rotatable bonds is 9. The summed E-state index contributed by atoms with van der Waals surface area (Å²) < 4.78 is 9.84. The Labute approximate surface area is 165 Å². The van der Waals surface area contributed by atoms with Crippen molar-refractivity contribution in [1.82, 2.24) is 10.6 Å². The second kappa shape index (κ2) is 11.6. The number of benzene rings is 1. The largest absolute Gasteiger partial charge is 0.467 e. The van der Waals surface area contributed by atoms with Gasteiger partial charge in [0, 0.05) is 5.92 Å². The molecular formula is C20H27N3O5. The molecule has 8 heteroatoms. The third-order valence-corrected chi connectivity index (χ3v) is 4.05. The van der Waals surface area contributed by atoms with Gasteiger partial charge < -0.3 is 20.1 Å². The lowest BCUT2D eigenvalue weighted by Crippen LogP contribution is -2.54. The smallest absolute Gasteiger partial charge is 0.408 e. The van der Waals surface area contributed by atoms with Crippen molar-refractivity contribution in [3.05, 3.63) is 35.9 Å². The number of hydrogen-bond acceptors (Lipinski definition) is 6.